The van der Waals surface area contributed by atoms with E-state index in [4.69, 9.17) is 0 Å². The van der Waals surface area contributed by atoms with Crippen molar-refractivity contribution in [1.82, 2.24) is 10.2 Å². The molecule has 1 saturated carbocycles. The normalized spacial score (nSPS) is 22.6. The molecule has 1 aliphatic heterocycles. The Morgan fingerprint density at radius 3 is 2.25 bits per heavy atom. The van der Waals surface area contributed by atoms with Gasteiger partial charge in [0.2, 0.25) is 0 Å². The number of nitrogens with zero attached hydrogens (tertiary/aromatic N) is 1. The molecule has 1 N–H and O–H groups in total. The lowest BCUT2D eigenvalue weighted by atomic mass is 9.94. The molecule has 0 aromatic carbocycles. The van der Waals surface area contributed by atoms with Crippen LogP contribution in [0, 0.1) is 0 Å². The summed E-state index contributed by atoms with van der Waals surface area (Å²) in [6.07, 6.45) is 17.2. The molecule has 0 aromatic heterocycles. The Morgan fingerprint density at radius 1 is 0.900 bits per heavy atom. The van der Waals surface area contributed by atoms with Crippen molar-refractivity contribution >= 4 is 0 Å². The number of rotatable bonds is 9. The largest absolute Gasteiger partial charge is 0.309 e. The van der Waals surface area contributed by atoms with E-state index in [1.165, 1.54) is 103 Å². The van der Waals surface area contributed by atoms with Crippen LogP contribution in [0.2, 0.25) is 0 Å². The molecule has 20 heavy (non-hydrogen) atoms. The van der Waals surface area contributed by atoms with Crippen LogP contribution in [0.3, 0.4) is 0 Å². The van der Waals surface area contributed by atoms with Gasteiger partial charge in [-0.1, -0.05) is 64.7 Å². The predicted molar refractivity (Wildman–Crippen MR) is 88.3 cm³/mol. The van der Waals surface area contributed by atoms with Crippen LogP contribution >= 0.6 is 0 Å². The summed E-state index contributed by atoms with van der Waals surface area (Å²) in [6, 6.07) is 0. The molecule has 2 aliphatic rings. The molecule has 1 aliphatic carbocycles. The average molecular weight is 280 g/mol. The molecule has 2 nitrogen and oxygen atoms in total. The van der Waals surface area contributed by atoms with E-state index in [0.29, 0.717) is 5.54 Å². The maximum atomic E-state index is 3.81. The molecule has 1 saturated heterocycles. The number of unbranched alkanes of at least 4 members (excludes halogenated alkanes) is 7. The van der Waals surface area contributed by atoms with Crippen molar-refractivity contribution in [3.05, 3.63) is 0 Å². The lowest BCUT2D eigenvalue weighted by Crippen LogP contribution is -2.59. The summed E-state index contributed by atoms with van der Waals surface area (Å²) in [5, 5.41) is 3.81. The molecule has 2 heteroatoms. The Hall–Kier alpha value is -0.0800. The second kappa shape index (κ2) is 9.04. The lowest BCUT2D eigenvalue weighted by molar-refractivity contribution is 0.133. The van der Waals surface area contributed by atoms with Gasteiger partial charge in [-0.2, -0.15) is 0 Å². The predicted octanol–water partition coefficient (Wildman–Crippen LogP) is 4.35. The molecule has 0 bridgehead atoms. The minimum Gasteiger partial charge on any atom is -0.309 e. The molecule has 0 amide bonds. The van der Waals surface area contributed by atoms with Crippen LogP contribution in [0.4, 0.5) is 0 Å². The number of hydrogen-bond donors (Lipinski definition) is 1. The summed E-state index contributed by atoms with van der Waals surface area (Å²) in [4.78, 5) is 2.74. The first kappa shape index (κ1) is 16.3. The van der Waals surface area contributed by atoms with Crippen molar-refractivity contribution in [1.29, 1.82) is 0 Å². The summed E-state index contributed by atoms with van der Waals surface area (Å²) in [5.74, 6) is 0. The Bertz CT molecular complexity index is 246. The van der Waals surface area contributed by atoms with Gasteiger partial charge in [-0.05, 0) is 25.8 Å². The smallest absolute Gasteiger partial charge is 0.0309 e. The molecule has 2 fully saturated rings. The molecule has 1 spiro atoms. The van der Waals surface area contributed by atoms with E-state index in [0.717, 1.165) is 0 Å². The molecular formula is C18H36N2. The molecule has 2 rings (SSSR count). The zero-order valence-electron chi connectivity index (χ0n) is 13.8. The van der Waals surface area contributed by atoms with E-state index in [9.17, 15) is 0 Å². The van der Waals surface area contributed by atoms with E-state index >= 15 is 0 Å². The zero-order valence-corrected chi connectivity index (χ0v) is 13.8. The maximum Gasteiger partial charge on any atom is 0.0309 e. The molecular weight excluding hydrogens is 244 g/mol. The Morgan fingerprint density at radius 2 is 1.55 bits per heavy atom. The van der Waals surface area contributed by atoms with Crippen molar-refractivity contribution in [2.75, 3.05) is 26.2 Å². The molecule has 1 heterocycles. The number of nitrogens with one attached hydrogen (secondary N) is 1. The van der Waals surface area contributed by atoms with E-state index in [-0.39, 0.29) is 0 Å². The van der Waals surface area contributed by atoms with Gasteiger partial charge in [0.15, 0.2) is 0 Å². The molecule has 118 valence electrons. The maximum absolute atomic E-state index is 3.81. The summed E-state index contributed by atoms with van der Waals surface area (Å²) in [6.45, 7) is 7.46. The van der Waals surface area contributed by atoms with Crippen LogP contribution in [0.25, 0.3) is 0 Å². The highest BCUT2D eigenvalue weighted by molar-refractivity contribution is 4.98. The summed E-state index contributed by atoms with van der Waals surface area (Å²) in [5.41, 5.74) is 0.512. The monoisotopic (exact) mass is 280 g/mol. The molecule has 0 aromatic rings. The fourth-order valence-electron chi connectivity index (χ4n) is 4.09. The van der Waals surface area contributed by atoms with Gasteiger partial charge in [0, 0.05) is 25.2 Å². The third kappa shape index (κ3) is 5.37. The molecule has 0 atom stereocenters. The van der Waals surface area contributed by atoms with E-state index in [2.05, 4.69) is 17.1 Å². The van der Waals surface area contributed by atoms with E-state index in [1.54, 1.807) is 0 Å². The molecule has 0 unspecified atom stereocenters. The van der Waals surface area contributed by atoms with Crippen LogP contribution in [0.1, 0.15) is 84.0 Å². The van der Waals surface area contributed by atoms with Gasteiger partial charge in [0.05, 0.1) is 0 Å². The van der Waals surface area contributed by atoms with Crippen LogP contribution in [-0.4, -0.2) is 36.6 Å². The second-order valence-electron chi connectivity index (χ2n) is 7.17. The first-order chi connectivity index (χ1) is 9.85. The average Bonchev–Trinajstić information content (AvgIpc) is 2.90. The number of piperazine rings is 1. The van der Waals surface area contributed by atoms with Crippen LogP contribution in [0.5, 0.6) is 0 Å². The van der Waals surface area contributed by atoms with E-state index < -0.39 is 0 Å². The first-order valence-electron chi connectivity index (χ1n) is 9.32. The topological polar surface area (TPSA) is 15.3 Å². The SMILES string of the molecule is CCCCCCCCCCN1CCNC2(CCCC2)C1. The Labute approximate surface area is 126 Å². The van der Waals surface area contributed by atoms with Gasteiger partial charge in [-0.25, -0.2) is 0 Å². The summed E-state index contributed by atoms with van der Waals surface area (Å²) >= 11 is 0. The van der Waals surface area contributed by atoms with Crippen molar-refractivity contribution in [3.63, 3.8) is 0 Å². The summed E-state index contributed by atoms with van der Waals surface area (Å²) < 4.78 is 0. The minimum atomic E-state index is 0.512. The Balaban J connectivity index is 1.49. The van der Waals surface area contributed by atoms with Crippen LogP contribution in [-0.2, 0) is 0 Å². The summed E-state index contributed by atoms with van der Waals surface area (Å²) in [7, 11) is 0. The fraction of sp³-hybridized carbons (Fsp3) is 1.00. The molecule has 0 radical (unpaired) electrons. The standard InChI is InChI=1S/C18H36N2/c1-2-3-4-5-6-7-8-11-15-20-16-14-19-18(17-20)12-9-10-13-18/h19H,2-17H2,1H3. The van der Waals surface area contributed by atoms with Gasteiger partial charge in [-0.3, -0.25) is 0 Å². The first-order valence-corrected chi connectivity index (χ1v) is 9.32. The minimum absolute atomic E-state index is 0.512. The van der Waals surface area contributed by atoms with Gasteiger partial charge in [0.25, 0.3) is 0 Å². The third-order valence-electron chi connectivity index (χ3n) is 5.34. The highest BCUT2D eigenvalue weighted by Crippen LogP contribution is 2.31. The van der Waals surface area contributed by atoms with Crippen LogP contribution in [0.15, 0.2) is 0 Å². The lowest BCUT2D eigenvalue weighted by Gasteiger charge is -2.41. The van der Waals surface area contributed by atoms with Gasteiger partial charge in [0.1, 0.15) is 0 Å². The highest BCUT2D eigenvalue weighted by Gasteiger charge is 2.37. The third-order valence-corrected chi connectivity index (χ3v) is 5.34. The number of hydrogen-bond acceptors (Lipinski definition) is 2. The fourth-order valence-corrected chi connectivity index (χ4v) is 4.09. The highest BCUT2D eigenvalue weighted by atomic mass is 15.2. The van der Waals surface area contributed by atoms with Crippen molar-refractivity contribution < 1.29 is 0 Å². The van der Waals surface area contributed by atoms with Crippen molar-refractivity contribution in [2.45, 2.75) is 89.5 Å². The van der Waals surface area contributed by atoms with Crippen molar-refractivity contribution in [3.8, 4) is 0 Å². The van der Waals surface area contributed by atoms with Crippen molar-refractivity contribution in [2.24, 2.45) is 0 Å². The van der Waals surface area contributed by atoms with Gasteiger partial charge < -0.3 is 10.2 Å². The zero-order chi connectivity index (χ0) is 14.1. The Kier molecular flexibility index (Phi) is 7.37. The van der Waals surface area contributed by atoms with E-state index in [1.807, 2.05) is 0 Å². The van der Waals surface area contributed by atoms with Gasteiger partial charge >= 0.3 is 0 Å². The van der Waals surface area contributed by atoms with Gasteiger partial charge in [-0.15, -0.1) is 0 Å². The quantitative estimate of drug-likeness (QED) is 0.632. The van der Waals surface area contributed by atoms with Crippen LogP contribution < -0.4 is 5.32 Å². The second-order valence-corrected chi connectivity index (χ2v) is 7.17.